The van der Waals surface area contributed by atoms with Crippen LogP contribution in [-0.4, -0.2) is 13.1 Å². The maximum Gasteiger partial charge on any atom is 0.319 e. The van der Waals surface area contributed by atoms with Crippen LogP contribution in [0.25, 0.3) is 0 Å². The van der Waals surface area contributed by atoms with Crippen molar-refractivity contribution in [1.29, 1.82) is 0 Å². The Kier molecular flexibility index (Phi) is 4.85. The summed E-state index contributed by atoms with van der Waals surface area (Å²) < 4.78 is 5.07. The largest absolute Gasteiger partial charge is 0.495 e. The smallest absolute Gasteiger partial charge is 0.319 e. The second-order valence-electron chi connectivity index (χ2n) is 4.14. The Balaban J connectivity index is 1.89. The molecule has 104 valence electrons. The van der Waals surface area contributed by atoms with Crippen molar-refractivity contribution in [3.8, 4) is 5.75 Å². The van der Waals surface area contributed by atoms with Gasteiger partial charge in [-0.05, 0) is 29.8 Å². The number of halogens is 1. The number of methoxy groups -OCH3 is 1. The van der Waals surface area contributed by atoms with Crippen LogP contribution >= 0.6 is 11.6 Å². The monoisotopic (exact) mass is 290 g/mol. The Labute approximate surface area is 122 Å². The number of nitrogens with one attached hydrogen (secondary N) is 2. The molecule has 4 nitrogen and oxygen atoms in total. The number of urea groups is 1. The van der Waals surface area contributed by atoms with Crippen molar-refractivity contribution < 1.29 is 9.53 Å². The molecule has 0 spiro atoms. The molecule has 0 aliphatic carbocycles. The third-order valence-electron chi connectivity index (χ3n) is 2.70. The SMILES string of the molecule is COc1ccc(CNC(=O)Nc2ccccc2)cc1Cl. The second kappa shape index (κ2) is 6.82. The van der Waals surface area contributed by atoms with E-state index in [1.807, 2.05) is 36.4 Å². The molecule has 2 aromatic rings. The molecule has 0 fully saturated rings. The van der Waals surface area contributed by atoms with Gasteiger partial charge in [0.1, 0.15) is 5.75 Å². The van der Waals surface area contributed by atoms with Crippen LogP contribution in [0.1, 0.15) is 5.56 Å². The minimum absolute atomic E-state index is 0.261. The first-order valence-corrected chi connectivity index (χ1v) is 6.49. The van der Waals surface area contributed by atoms with Gasteiger partial charge in [-0.15, -0.1) is 0 Å². The minimum Gasteiger partial charge on any atom is -0.495 e. The van der Waals surface area contributed by atoms with Gasteiger partial charge in [0.15, 0.2) is 0 Å². The van der Waals surface area contributed by atoms with E-state index in [2.05, 4.69) is 10.6 Å². The van der Waals surface area contributed by atoms with E-state index in [0.29, 0.717) is 17.3 Å². The maximum atomic E-state index is 11.7. The number of carbonyl (C=O) groups excluding carboxylic acids is 1. The van der Waals surface area contributed by atoms with Crippen molar-refractivity contribution in [3.63, 3.8) is 0 Å². The average Bonchev–Trinajstić information content (AvgIpc) is 2.46. The minimum atomic E-state index is -0.261. The molecule has 2 aromatic carbocycles. The van der Waals surface area contributed by atoms with Crippen molar-refractivity contribution in [2.75, 3.05) is 12.4 Å². The Hall–Kier alpha value is -2.20. The molecule has 0 radical (unpaired) electrons. The van der Waals surface area contributed by atoms with E-state index in [-0.39, 0.29) is 6.03 Å². The first kappa shape index (κ1) is 14.2. The van der Waals surface area contributed by atoms with Crippen LogP contribution in [0.15, 0.2) is 48.5 Å². The number of benzene rings is 2. The molecule has 5 heteroatoms. The molecule has 2 amide bonds. The van der Waals surface area contributed by atoms with E-state index in [0.717, 1.165) is 11.3 Å². The van der Waals surface area contributed by atoms with Crippen molar-refractivity contribution in [3.05, 3.63) is 59.1 Å². The van der Waals surface area contributed by atoms with Gasteiger partial charge in [0.05, 0.1) is 12.1 Å². The molecule has 0 saturated carbocycles. The van der Waals surface area contributed by atoms with E-state index in [9.17, 15) is 4.79 Å². The predicted octanol–water partition coefficient (Wildman–Crippen LogP) is 3.67. The summed E-state index contributed by atoms with van der Waals surface area (Å²) >= 11 is 6.02. The van der Waals surface area contributed by atoms with Crippen molar-refractivity contribution in [2.45, 2.75) is 6.54 Å². The third-order valence-corrected chi connectivity index (χ3v) is 3.00. The average molecular weight is 291 g/mol. The van der Waals surface area contributed by atoms with Gasteiger partial charge in [-0.3, -0.25) is 0 Å². The fraction of sp³-hybridized carbons (Fsp3) is 0.133. The van der Waals surface area contributed by atoms with Gasteiger partial charge in [0, 0.05) is 12.2 Å². The lowest BCUT2D eigenvalue weighted by molar-refractivity contribution is 0.251. The van der Waals surface area contributed by atoms with E-state index in [4.69, 9.17) is 16.3 Å². The highest BCUT2D eigenvalue weighted by atomic mass is 35.5. The summed E-state index contributed by atoms with van der Waals surface area (Å²) in [5.74, 6) is 0.615. The Bertz CT molecular complexity index is 588. The highest BCUT2D eigenvalue weighted by Crippen LogP contribution is 2.24. The maximum absolute atomic E-state index is 11.7. The number of para-hydroxylation sites is 1. The summed E-state index contributed by atoms with van der Waals surface area (Å²) in [6, 6.07) is 14.4. The van der Waals surface area contributed by atoms with Crippen LogP contribution < -0.4 is 15.4 Å². The Morgan fingerprint density at radius 1 is 1.20 bits per heavy atom. The van der Waals surface area contributed by atoms with Gasteiger partial charge in [0.25, 0.3) is 0 Å². The summed E-state index contributed by atoms with van der Waals surface area (Å²) in [6.07, 6.45) is 0. The molecule has 0 saturated heterocycles. The molecule has 20 heavy (non-hydrogen) atoms. The Morgan fingerprint density at radius 3 is 2.60 bits per heavy atom. The van der Waals surface area contributed by atoms with Crippen LogP contribution in [0.2, 0.25) is 5.02 Å². The van der Waals surface area contributed by atoms with Gasteiger partial charge in [-0.1, -0.05) is 35.9 Å². The molecule has 0 bridgehead atoms. The van der Waals surface area contributed by atoms with Crippen molar-refractivity contribution in [1.82, 2.24) is 5.32 Å². The lowest BCUT2D eigenvalue weighted by atomic mass is 10.2. The molecule has 0 aliphatic heterocycles. The van der Waals surface area contributed by atoms with E-state index < -0.39 is 0 Å². The Morgan fingerprint density at radius 2 is 1.95 bits per heavy atom. The third kappa shape index (κ3) is 3.90. The second-order valence-corrected chi connectivity index (χ2v) is 4.55. The zero-order valence-electron chi connectivity index (χ0n) is 11.0. The lowest BCUT2D eigenvalue weighted by Gasteiger charge is -2.09. The van der Waals surface area contributed by atoms with Crippen LogP contribution in [0, 0.1) is 0 Å². The fourth-order valence-corrected chi connectivity index (χ4v) is 1.98. The molecule has 0 unspecified atom stereocenters. The summed E-state index contributed by atoms with van der Waals surface area (Å²) in [4.78, 5) is 11.7. The van der Waals surface area contributed by atoms with E-state index in [1.54, 1.807) is 19.2 Å². The molecular formula is C15H15ClN2O2. The molecule has 2 rings (SSSR count). The first-order valence-electron chi connectivity index (χ1n) is 6.11. The van der Waals surface area contributed by atoms with Crippen LogP contribution in [0.5, 0.6) is 5.75 Å². The molecule has 0 heterocycles. The quantitative estimate of drug-likeness (QED) is 0.902. The standard InChI is InChI=1S/C15H15ClN2O2/c1-20-14-8-7-11(9-13(14)16)10-17-15(19)18-12-5-3-2-4-6-12/h2-9H,10H2,1H3,(H2,17,18,19). The van der Waals surface area contributed by atoms with E-state index in [1.165, 1.54) is 0 Å². The normalized spacial score (nSPS) is 9.90. The van der Waals surface area contributed by atoms with Gasteiger partial charge >= 0.3 is 6.03 Å². The first-order chi connectivity index (χ1) is 9.69. The predicted molar refractivity (Wildman–Crippen MR) is 80.3 cm³/mol. The molecule has 0 aliphatic rings. The van der Waals surface area contributed by atoms with Gasteiger partial charge in [-0.2, -0.15) is 0 Å². The lowest BCUT2D eigenvalue weighted by Crippen LogP contribution is -2.28. The number of ether oxygens (including phenoxy) is 1. The number of rotatable bonds is 4. The van der Waals surface area contributed by atoms with Crippen molar-refractivity contribution >= 4 is 23.3 Å². The molecule has 0 atom stereocenters. The number of carbonyl (C=O) groups is 1. The van der Waals surface area contributed by atoms with Crippen molar-refractivity contribution in [2.24, 2.45) is 0 Å². The number of hydrogen-bond acceptors (Lipinski definition) is 2. The van der Waals surface area contributed by atoms with Gasteiger partial charge < -0.3 is 15.4 Å². The molecular weight excluding hydrogens is 276 g/mol. The topological polar surface area (TPSA) is 50.4 Å². The zero-order valence-corrected chi connectivity index (χ0v) is 11.8. The van der Waals surface area contributed by atoms with E-state index >= 15 is 0 Å². The summed E-state index contributed by atoms with van der Waals surface area (Å²) in [7, 11) is 1.56. The van der Waals surface area contributed by atoms with Gasteiger partial charge in [0.2, 0.25) is 0 Å². The van der Waals surface area contributed by atoms with Gasteiger partial charge in [-0.25, -0.2) is 4.79 Å². The number of anilines is 1. The van der Waals surface area contributed by atoms with Crippen LogP contribution in [0.4, 0.5) is 10.5 Å². The molecule has 0 aromatic heterocycles. The molecule has 2 N–H and O–H groups in total. The summed E-state index contributed by atoms with van der Waals surface area (Å²) in [6.45, 7) is 0.391. The fourth-order valence-electron chi connectivity index (χ4n) is 1.70. The highest BCUT2D eigenvalue weighted by Gasteiger charge is 2.04. The number of amides is 2. The highest BCUT2D eigenvalue weighted by molar-refractivity contribution is 6.32. The van der Waals surface area contributed by atoms with Crippen LogP contribution in [0.3, 0.4) is 0 Å². The number of hydrogen-bond donors (Lipinski definition) is 2. The summed E-state index contributed by atoms with van der Waals surface area (Å²) in [5.41, 5.74) is 1.65. The van der Waals surface area contributed by atoms with Crippen LogP contribution in [-0.2, 0) is 6.54 Å². The zero-order chi connectivity index (χ0) is 14.4. The summed E-state index contributed by atoms with van der Waals surface area (Å²) in [5, 5.41) is 6.03.